The number of ether oxygens (including phenoxy) is 1. The van der Waals surface area contributed by atoms with E-state index < -0.39 is 18.7 Å². The Morgan fingerprint density at radius 1 is 1.33 bits per heavy atom. The van der Waals surface area contributed by atoms with Crippen LogP contribution in [0.25, 0.3) is 0 Å². The average molecular weight is 310 g/mol. The smallest absolute Gasteiger partial charge is 0.456 e. The molecule has 1 heterocycles. The molecule has 4 nitrogen and oxygen atoms in total. The largest absolute Gasteiger partial charge is 0.499 e. The first-order valence-corrected chi connectivity index (χ1v) is 8.06. The SMILES string of the molecule is CC1(C)CCc2sc(B(O)O)c(C(=O)OC(C)(C)C)c2C1. The van der Waals surface area contributed by atoms with Crippen LogP contribution >= 0.6 is 11.3 Å². The minimum absolute atomic E-state index is 0.114. The molecule has 1 aliphatic carbocycles. The number of esters is 1. The fourth-order valence-corrected chi connectivity index (χ4v) is 3.86. The lowest BCUT2D eigenvalue weighted by molar-refractivity contribution is 0.00692. The Morgan fingerprint density at radius 2 is 1.95 bits per heavy atom. The summed E-state index contributed by atoms with van der Waals surface area (Å²) in [4.78, 5) is 13.6. The van der Waals surface area contributed by atoms with E-state index >= 15 is 0 Å². The van der Waals surface area contributed by atoms with E-state index in [1.807, 2.05) is 20.8 Å². The summed E-state index contributed by atoms with van der Waals surface area (Å²) in [7, 11) is -1.63. The van der Waals surface area contributed by atoms with Crippen molar-refractivity contribution in [2.45, 2.75) is 59.5 Å². The first-order valence-electron chi connectivity index (χ1n) is 7.24. The van der Waals surface area contributed by atoms with Gasteiger partial charge >= 0.3 is 13.1 Å². The van der Waals surface area contributed by atoms with Crippen LogP contribution in [0.3, 0.4) is 0 Å². The standard InChI is InChI=1S/C15H23BO4S/c1-14(2,3)20-13(17)11-9-8-15(4,5)7-6-10(9)21-12(11)16(18)19/h18-19H,6-8H2,1-5H3. The number of hydrogen-bond acceptors (Lipinski definition) is 5. The Hall–Kier alpha value is -0.845. The summed E-state index contributed by atoms with van der Waals surface area (Å²) in [5, 5.41) is 19.2. The summed E-state index contributed by atoms with van der Waals surface area (Å²) in [5.41, 5.74) is 0.817. The van der Waals surface area contributed by atoms with Crippen LogP contribution in [0, 0.1) is 5.41 Å². The highest BCUT2D eigenvalue weighted by atomic mass is 32.1. The molecule has 0 amide bonds. The Morgan fingerprint density at radius 3 is 2.48 bits per heavy atom. The normalized spacial score (nSPS) is 17.3. The topological polar surface area (TPSA) is 66.8 Å². The molecular formula is C15H23BO4S. The summed E-state index contributed by atoms with van der Waals surface area (Å²) in [6.07, 6.45) is 2.67. The average Bonchev–Trinajstić information content (AvgIpc) is 2.63. The molecule has 1 aliphatic rings. The molecule has 0 spiro atoms. The molecule has 2 rings (SSSR count). The van der Waals surface area contributed by atoms with E-state index in [0.29, 0.717) is 10.3 Å². The van der Waals surface area contributed by atoms with Gasteiger partial charge in [0.1, 0.15) is 5.60 Å². The number of rotatable bonds is 2. The van der Waals surface area contributed by atoms with Crippen LogP contribution in [-0.4, -0.2) is 28.7 Å². The zero-order chi connectivity index (χ0) is 16.0. The van der Waals surface area contributed by atoms with Gasteiger partial charge in [0.25, 0.3) is 0 Å². The Labute approximate surface area is 130 Å². The van der Waals surface area contributed by atoms with Crippen molar-refractivity contribution in [3.05, 3.63) is 16.0 Å². The number of hydrogen-bond donors (Lipinski definition) is 2. The van der Waals surface area contributed by atoms with Crippen molar-refractivity contribution in [1.29, 1.82) is 0 Å². The van der Waals surface area contributed by atoms with Gasteiger partial charge in [0, 0.05) is 9.65 Å². The molecule has 0 atom stereocenters. The molecular weight excluding hydrogens is 287 g/mol. The third-order valence-corrected chi connectivity index (χ3v) is 4.97. The third kappa shape index (κ3) is 3.68. The fraction of sp³-hybridized carbons (Fsp3) is 0.667. The van der Waals surface area contributed by atoms with Crippen LogP contribution in [-0.2, 0) is 17.6 Å². The van der Waals surface area contributed by atoms with Gasteiger partial charge in [0.15, 0.2) is 0 Å². The van der Waals surface area contributed by atoms with Crippen molar-refractivity contribution >= 4 is 29.2 Å². The highest BCUT2D eigenvalue weighted by Gasteiger charge is 2.36. The molecule has 1 aromatic rings. The lowest BCUT2D eigenvalue weighted by Gasteiger charge is -2.30. The fourth-order valence-electron chi connectivity index (χ4n) is 2.68. The zero-order valence-electron chi connectivity index (χ0n) is 13.3. The summed E-state index contributed by atoms with van der Waals surface area (Å²) in [6, 6.07) is 0. The molecule has 0 radical (unpaired) electrons. The lowest BCUT2D eigenvalue weighted by atomic mass is 9.74. The number of carbonyl (C=O) groups excluding carboxylic acids is 1. The maximum atomic E-state index is 12.5. The Balaban J connectivity index is 2.48. The predicted molar refractivity (Wildman–Crippen MR) is 85.1 cm³/mol. The number of aryl methyl sites for hydroxylation is 1. The minimum atomic E-state index is -1.63. The summed E-state index contributed by atoms with van der Waals surface area (Å²) < 4.78 is 5.76. The van der Waals surface area contributed by atoms with Crippen molar-refractivity contribution in [1.82, 2.24) is 0 Å². The van der Waals surface area contributed by atoms with Crippen LogP contribution in [0.15, 0.2) is 0 Å². The van der Waals surface area contributed by atoms with Gasteiger partial charge in [-0.25, -0.2) is 4.79 Å². The second kappa shape index (κ2) is 5.41. The van der Waals surface area contributed by atoms with Crippen LogP contribution in [0.2, 0.25) is 0 Å². The quantitative estimate of drug-likeness (QED) is 0.647. The highest BCUT2D eigenvalue weighted by Crippen LogP contribution is 2.39. The van der Waals surface area contributed by atoms with E-state index in [1.165, 1.54) is 11.3 Å². The molecule has 116 valence electrons. The second-order valence-electron chi connectivity index (χ2n) is 7.46. The van der Waals surface area contributed by atoms with Gasteiger partial charge in [-0.15, -0.1) is 11.3 Å². The van der Waals surface area contributed by atoms with Crippen LogP contribution in [0.5, 0.6) is 0 Å². The Kier molecular flexibility index (Phi) is 4.26. The van der Waals surface area contributed by atoms with Crippen LogP contribution in [0.1, 0.15) is 61.8 Å². The van der Waals surface area contributed by atoms with Gasteiger partial charge in [0.05, 0.1) is 5.56 Å². The van der Waals surface area contributed by atoms with Crippen molar-refractivity contribution in [3.8, 4) is 0 Å². The van der Waals surface area contributed by atoms with E-state index in [1.54, 1.807) is 0 Å². The third-order valence-electron chi connectivity index (χ3n) is 3.64. The molecule has 0 aromatic carbocycles. The predicted octanol–water partition coefficient (Wildman–Crippen LogP) is 1.90. The molecule has 0 aliphatic heterocycles. The van der Waals surface area contributed by atoms with Crippen molar-refractivity contribution in [2.75, 3.05) is 0 Å². The van der Waals surface area contributed by atoms with E-state index in [2.05, 4.69) is 13.8 Å². The summed E-state index contributed by atoms with van der Waals surface area (Å²) in [5.74, 6) is -0.458. The molecule has 0 fully saturated rings. The Bertz CT molecular complexity index is 555. The molecule has 0 unspecified atom stereocenters. The lowest BCUT2D eigenvalue weighted by Crippen LogP contribution is -2.35. The van der Waals surface area contributed by atoms with Gasteiger partial charge in [0.2, 0.25) is 0 Å². The number of fused-ring (bicyclic) bond motifs is 1. The highest BCUT2D eigenvalue weighted by molar-refractivity contribution is 7.22. The van der Waals surface area contributed by atoms with E-state index in [-0.39, 0.29) is 5.41 Å². The van der Waals surface area contributed by atoms with E-state index in [4.69, 9.17) is 4.74 Å². The maximum Gasteiger partial charge on any atom is 0.499 e. The van der Waals surface area contributed by atoms with Gasteiger partial charge in [-0.3, -0.25) is 0 Å². The van der Waals surface area contributed by atoms with Gasteiger partial charge < -0.3 is 14.8 Å². The maximum absolute atomic E-state index is 12.5. The van der Waals surface area contributed by atoms with Gasteiger partial charge in [-0.2, -0.15) is 0 Å². The molecule has 0 saturated heterocycles. The van der Waals surface area contributed by atoms with Crippen molar-refractivity contribution in [3.63, 3.8) is 0 Å². The molecule has 0 saturated carbocycles. The van der Waals surface area contributed by atoms with E-state index in [0.717, 1.165) is 29.7 Å². The second-order valence-corrected chi connectivity index (χ2v) is 8.60. The molecule has 0 bridgehead atoms. The zero-order valence-corrected chi connectivity index (χ0v) is 14.1. The van der Waals surface area contributed by atoms with Gasteiger partial charge in [-0.1, -0.05) is 13.8 Å². The first kappa shape index (κ1) is 16.5. The molecule has 21 heavy (non-hydrogen) atoms. The van der Waals surface area contributed by atoms with E-state index in [9.17, 15) is 14.8 Å². The summed E-state index contributed by atoms with van der Waals surface area (Å²) >= 11 is 1.32. The van der Waals surface area contributed by atoms with Crippen LogP contribution in [0.4, 0.5) is 0 Å². The molecule has 2 N–H and O–H groups in total. The van der Waals surface area contributed by atoms with Crippen molar-refractivity contribution < 1.29 is 19.6 Å². The molecule has 1 aromatic heterocycles. The minimum Gasteiger partial charge on any atom is -0.456 e. The van der Waals surface area contributed by atoms with Crippen molar-refractivity contribution in [2.24, 2.45) is 5.41 Å². The van der Waals surface area contributed by atoms with Gasteiger partial charge in [-0.05, 0) is 51.0 Å². The molecule has 6 heteroatoms. The summed E-state index contributed by atoms with van der Waals surface area (Å²) in [6.45, 7) is 9.76. The monoisotopic (exact) mass is 310 g/mol. The first-order chi connectivity index (χ1) is 9.50. The number of thiophene rings is 1. The van der Waals surface area contributed by atoms with Crippen LogP contribution < -0.4 is 4.78 Å². The number of carbonyl (C=O) groups is 1.